The van der Waals surface area contributed by atoms with Crippen LogP contribution in [0.25, 0.3) is 0 Å². The Labute approximate surface area is 168 Å². The highest BCUT2D eigenvalue weighted by Gasteiger charge is 2.13. The highest BCUT2D eigenvalue weighted by molar-refractivity contribution is 6.31. The summed E-state index contributed by atoms with van der Waals surface area (Å²) in [5, 5.41) is 6.23. The maximum absolute atomic E-state index is 12.6. The van der Waals surface area contributed by atoms with Crippen LogP contribution in [0.5, 0.6) is 0 Å². The van der Waals surface area contributed by atoms with Gasteiger partial charge in [-0.25, -0.2) is 0 Å². The molecule has 1 heterocycles. The van der Waals surface area contributed by atoms with E-state index in [2.05, 4.69) is 15.6 Å². The molecule has 2 aromatic carbocycles. The van der Waals surface area contributed by atoms with E-state index >= 15 is 0 Å². The number of anilines is 1. The molecule has 6 heteroatoms. The summed E-state index contributed by atoms with van der Waals surface area (Å²) in [5.74, 6) is -0.643. The van der Waals surface area contributed by atoms with Gasteiger partial charge in [-0.3, -0.25) is 14.6 Å². The molecule has 0 saturated heterocycles. The number of pyridine rings is 1. The van der Waals surface area contributed by atoms with Gasteiger partial charge in [0.05, 0.1) is 11.1 Å². The second-order valence-corrected chi connectivity index (χ2v) is 6.85. The molecule has 28 heavy (non-hydrogen) atoms. The average molecular weight is 394 g/mol. The van der Waals surface area contributed by atoms with E-state index in [1.807, 2.05) is 38.1 Å². The Morgan fingerprint density at radius 3 is 2.43 bits per heavy atom. The maximum Gasteiger partial charge on any atom is 0.257 e. The van der Waals surface area contributed by atoms with Gasteiger partial charge < -0.3 is 10.6 Å². The van der Waals surface area contributed by atoms with Crippen molar-refractivity contribution in [1.29, 1.82) is 0 Å². The summed E-state index contributed by atoms with van der Waals surface area (Å²) in [6.07, 6.45) is 2.86. The van der Waals surface area contributed by atoms with Gasteiger partial charge in [-0.05, 0) is 48.7 Å². The van der Waals surface area contributed by atoms with E-state index in [0.29, 0.717) is 28.4 Å². The van der Waals surface area contributed by atoms with Crippen LogP contribution in [-0.4, -0.2) is 16.8 Å². The molecule has 2 amide bonds. The van der Waals surface area contributed by atoms with Crippen molar-refractivity contribution in [3.8, 4) is 0 Å². The highest BCUT2D eigenvalue weighted by Crippen LogP contribution is 2.23. The third-order valence-corrected chi connectivity index (χ3v) is 4.89. The van der Waals surface area contributed by atoms with E-state index in [1.165, 1.54) is 18.5 Å². The molecular weight excluding hydrogens is 374 g/mol. The minimum Gasteiger partial charge on any atom is -0.348 e. The van der Waals surface area contributed by atoms with E-state index < -0.39 is 0 Å². The zero-order chi connectivity index (χ0) is 20.1. The van der Waals surface area contributed by atoms with Crippen LogP contribution in [0.4, 0.5) is 5.69 Å². The van der Waals surface area contributed by atoms with Gasteiger partial charge in [0.15, 0.2) is 0 Å². The number of nitrogens with zero attached hydrogens (tertiary/aromatic N) is 1. The fourth-order valence-electron chi connectivity index (χ4n) is 2.71. The maximum atomic E-state index is 12.6. The Bertz CT molecular complexity index is 1030. The first-order valence-electron chi connectivity index (χ1n) is 8.80. The summed E-state index contributed by atoms with van der Waals surface area (Å²) in [7, 11) is 0. The van der Waals surface area contributed by atoms with Crippen molar-refractivity contribution in [1.82, 2.24) is 10.3 Å². The van der Waals surface area contributed by atoms with Gasteiger partial charge in [0.2, 0.25) is 0 Å². The van der Waals surface area contributed by atoms with Crippen molar-refractivity contribution in [2.24, 2.45) is 0 Å². The van der Waals surface area contributed by atoms with Gasteiger partial charge in [-0.1, -0.05) is 41.9 Å². The Morgan fingerprint density at radius 1 is 0.964 bits per heavy atom. The average Bonchev–Trinajstić information content (AvgIpc) is 2.70. The van der Waals surface area contributed by atoms with Crippen molar-refractivity contribution < 1.29 is 9.59 Å². The van der Waals surface area contributed by atoms with Crippen LogP contribution in [0.3, 0.4) is 0 Å². The van der Waals surface area contributed by atoms with Crippen LogP contribution in [-0.2, 0) is 6.54 Å². The first kappa shape index (κ1) is 19.6. The lowest BCUT2D eigenvalue weighted by Gasteiger charge is -2.11. The van der Waals surface area contributed by atoms with E-state index in [9.17, 15) is 9.59 Å². The number of rotatable bonds is 5. The molecule has 3 rings (SSSR count). The van der Waals surface area contributed by atoms with Crippen molar-refractivity contribution in [2.45, 2.75) is 20.4 Å². The second-order valence-electron chi connectivity index (χ2n) is 6.44. The first-order chi connectivity index (χ1) is 13.5. The Hall–Kier alpha value is -3.18. The Kier molecular flexibility index (Phi) is 6.06. The number of aromatic nitrogens is 1. The smallest absolute Gasteiger partial charge is 0.257 e. The summed E-state index contributed by atoms with van der Waals surface area (Å²) in [6.45, 7) is 4.22. The van der Waals surface area contributed by atoms with Crippen molar-refractivity contribution in [3.05, 3.63) is 93.8 Å². The van der Waals surface area contributed by atoms with Gasteiger partial charge in [-0.15, -0.1) is 0 Å². The number of hydrogen-bond donors (Lipinski definition) is 2. The molecular formula is C22H20ClN3O2. The number of hydrogen-bond acceptors (Lipinski definition) is 3. The van der Waals surface area contributed by atoms with E-state index in [-0.39, 0.29) is 11.8 Å². The summed E-state index contributed by atoms with van der Waals surface area (Å²) in [4.78, 5) is 29.0. The van der Waals surface area contributed by atoms with Crippen LogP contribution in [0.15, 0.2) is 60.9 Å². The zero-order valence-electron chi connectivity index (χ0n) is 15.6. The molecule has 2 N–H and O–H groups in total. The lowest BCUT2D eigenvalue weighted by atomic mass is 10.1. The Balaban J connectivity index is 1.70. The quantitative estimate of drug-likeness (QED) is 0.668. The van der Waals surface area contributed by atoms with Crippen molar-refractivity contribution in [2.75, 3.05) is 5.32 Å². The number of aryl methyl sites for hydroxylation is 1. The molecule has 3 aromatic rings. The molecule has 1 aromatic heterocycles. The van der Waals surface area contributed by atoms with Gasteiger partial charge in [0, 0.05) is 29.6 Å². The minimum absolute atomic E-state index is 0.288. The summed E-state index contributed by atoms with van der Waals surface area (Å²) in [5.41, 5.74) is 4.15. The zero-order valence-corrected chi connectivity index (χ0v) is 16.4. The van der Waals surface area contributed by atoms with Crippen LogP contribution in [0.2, 0.25) is 5.02 Å². The van der Waals surface area contributed by atoms with E-state index in [0.717, 1.165) is 16.7 Å². The lowest BCUT2D eigenvalue weighted by molar-refractivity contribution is 0.0950. The van der Waals surface area contributed by atoms with Crippen LogP contribution in [0, 0.1) is 13.8 Å². The fraction of sp³-hybridized carbons (Fsp3) is 0.136. The molecule has 0 saturated carbocycles. The molecule has 0 radical (unpaired) electrons. The molecule has 0 aliphatic rings. The molecule has 0 unspecified atom stereocenters. The third-order valence-electron chi connectivity index (χ3n) is 4.48. The molecule has 5 nitrogen and oxygen atoms in total. The fourth-order valence-corrected chi connectivity index (χ4v) is 2.89. The van der Waals surface area contributed by atoms with Gasteiger partial charge in [-0.2, -0.15) is 0 Å². The SMILES string of the molecule is Cc1ccccc1CNC(=O)c1cncc(C(=O)Nc2cccc(Cl)c2C)c1. The topological polar surface area (TPSA) is 71.1 Å². The van der Waals surface area contributed by atoms with E-state index in [1.54, 1.807) is 18.2 Å². The van der Waals surface area contributed by atoms with Gasteiger partial charge >= 0.3 is 0 Å². The monoisotopic (exact) mass is 393 g/mol. The lowest BCUT2D eigenvalue weighted by Crippen LogP contribution is -2.24. The van der Waals surface area contributed by atoms with Crippen LogP contribution >= 0.6 is 11.6 Å². The highest BCUT2D eigenvalue weighted by atomic mass is 35.5. The second kappa shape index (κ2) is 8.67. The standard InChI is InChI=1S/C22H20ClN3O2/c1-14-6-3-4-7-16(14)13-25-21(27)17-10-18(12-24-11-17)22(28)26-20-9-5-8-19(23)15(20)2/h3-12H,13H2,1-2H3,(H,25,27)(H,26,28). The van der Waals surface area contributed by atoms with Gasteiger partial charge in [0.25, 0.3) is 11.8 Å². The normalized spacial score (nSPS) is 10.4. The number of amides is 2. The summed E-state index contributed by atoms with van der Waals surface area (Å²) in [6, 6.07) is 14.6. The molecule has 0 spiro atoms. The first-order valence-corrected chi connectivity index (χ1v) is 9.17. The third kappa shape index (κ3) is 4.56. The summed E-state index contributed by atoms with van der Waals surface area (Å²) < 4.78 is 0. The largest absolute Gasteiger partial charge is 0.348 e. The Morgan fingerprint density at radius 2 is 1.68 bits per heavy atom. The van der Waals surface area contributed by atoms with Crippen LogP contribution < -0.4 is 10.6 Å². The molecule has 142 valence electrons. The molecule has 0 aliphatic carbocycles. The molecule has 0 atom stereocenters. The number of halogens is 1. The summed E-state index contributed by atoms with van der Waals surface area (Å²) >= 11 is 6.09. The van der Waals surface area contributed by atoms with Gasteiger partial charge in [0.1, 0.15) is 0 Å². The number of carbonyl (C=O) groups is 2. The minimum atomic E-state index is -0.355. The molecule has 0 aliphatic heterocycles. The molecule has 0 fully saturated rings. The van der Waals surface area contributed by atoms with Crippen LogP contribution in [0.1, 0.15) is 37.4 Å². The predicted octanol–water partition coefficient (Wildman–Crippen LogP) is 4.53. The predicted molar refractivity (Wildman–Crippen MR) is 111 cm³/mol. The van der Waals surface area contributed by atoms with E-state index in [4.69, 9.17) is 11.6 Å². The van der Waals surface area contributed by atoms with Crippen molar-refractivity contribution in [3.63, 3.8) is 0 Å². The number of benzene rings is 2. The van der Waals surface area contributed by atoms with Crippen molar-refractivity contribution >= 4 is 29.1 Å². The molecule has 0 bridgehead atoms. The number of carbonyl (C=O) groups excluding carboxylic acids is 2. The number of nitrogens with one attached hydrogen (secondary N) is 2.